The Balaban J connectivity index is 1.95. The van der Waals surface area contributed by atoms with Crippen molar-refractivity contribution in [3.8, 4) is 17.9 Å². The molecule has 8 nitrogen and oxygen atoms in total. The summed E-state index contributed by atoms with van der Waals surface area (Å²) in [4.78, 5) is 30.5. The molecule has 0 aliphatic rings. The van der Waals surface area contributed by atoms with E-state index in [1.54, 1.807) is 70.2 Å². The Kier molecular flexibility index (Phi) is 8.03. The number of ether oxygens (including phenoxy) is 2. The fraction of sp³-hybridized carbons (Fsp3) is 0.250. The molecule has 0 unspecified atom stereocenters. The summed E-state index contributed by atoms with van der Waals surface area (Å²) in [5.41, 5.74) is 2.99. The van der Waals surface area contributed by atoms with Gasteiger partial charge < -0.3 is 9.47 Å². The molecule has 1 amide bonds. The lowest BCUT2D eigenvalue weighted by atomic mass is 10.1. The summed E-state index contributed by atoms with van der Waals surface area (Å²) in [5.74, 6) is 0.300. The number of nitriles is 2. The molecule has 1 aromatic heterocycles. The van der Waals surface area contributed by atoms with Crippen LogP contribution in [-0.4, -0.2) is 23.0 Å². The second kappa shape index (κ2) is 11.2. The van der Waals surface area contributed by atoms with Gasteiger partial charge in [-0.05, 0) is 80.8 Å². The number of amides is 1. The van der Waals surface area contributed by atoms with Gasteiger partial charge in [0.05, 0.1) is 29.8 Å². The van der Waals surface area contributed by atoms with Crippen molar-refractivity contribution in [2.45, 2.75) is 46.4 Å². The van der Waals surface area contributed by atoms with E-state index < -0.39 is 11.7 Å². The molecule has 0 aliphatic heterocycles. The van der Waals surface area contributed by atoms with Crippen molar-refractivity contribution in [1.29, 1.82) is 10.5 Å². The van der Waals surface area contributed by atoms with Crippen LogP contribution in [0.5, 0.6) is 5.75 Å². The summed E-state index contributed by atoms with van der Waals surface area (Å²) in [6, 6.07) is 17.7. The minimum absolute atomic E-state index is 0.0963. The second-order valence-corrected chi connectivity index (χ2v) is 9.07. The van der Waals surface area contributed by atoms with Crippen LogP contribution in [-0.2, 0) is 17.9 Å². The van der Waals surface area contributed by atoms with Crippen LogP contribution < -0.4 is 9.64 Å². The smallest absolute Gasteiger partial charge is 0.415 e. The van der Waals surface area contributed by atoms with Gasteiger partial charge in [0.2, 0.25) is 0 Å². The number of benzene rings is 2. The number of carbonyl (C=O) groups excluding carboxylic acids is 2. The number of hydrogen-bond acceptors (Lipinski definition) is 7. The summed E-state index contributed by atoms with van der Waals surface area (Å²) in [6.45, 7) is 7.35. The molecule has 1 heterocycles. The van der Waals surface area contributed by atoms with Crippen molar-refractivity contribution in [1.82, 2.24) is 4.98 Å². The standard InChI is InChI=1S/C28H26N4O4/c1-19-23(15-31-25(17-33)26(19)35-18-22-7-5-6-21(12-22)14-30)16-32(27(34)36-28(2,3)4)24-10-8-20(13-29)9-11-24/h5-12,15,17H,16,18H2,1-4H3. The van der Waals surface area contributed by atoms with Crippen molar-refractivity contribution < 1.29 is 19.1 Å². The van der Waals surface area contributed by atoms with Gasteiger partial charge in [0.15, 0.2) is 12.0 Å². The molecule has 3 aromatic rings. The number of rotatable bonds is 7. The lowest BCUT2D eigenvalue weighted by molar-refractivity contribution is 0.0577. The Morgan fingerprint density at radius 3 is 2.39 bits per heavy atom. The molecule has 182 valence electrons. The minimum atomic E-state index is -0.719. The van der Waals surface area contributed by atoms with Crippen molar-refractivity contribution in [3.63, 3.8) is 0 Å². The molecule has 0 aliphatic carbocycles. The van der Waals surface area contributed by atoms with E-state index in [1.807, 2.05) is 6.07 Å². The molecule has 0 saturated carbocycles. The zero-order valence-electron chi connectivity index (χ0n) is 20.6. The molecular formula is C28H26N4O4. The minimum Gasteiger partial charge on any atom is -0.486 e. The first kappa shape index (κ1) is 25.9. The van der Waals surface area contributed by atoms with Gasteiger partial charge in [-0.25, -0.2) is 9.78 Å². The summed E-state index contributed by atoms with van der Waals surface area (Å²) in [7, 11) is 0. The highest BCUT2D eigenvalue weighted by Crippen LogP contribution is 2.28. The van der Waals surface area contributed by atoms with Crippen molar-refractivity contribution in [2.75, 3.05) is 4.90 Å². The second-order valence-electron chi connectivity index (χ2n) is 9.07. The molecule has 0 fully saturated rings. The van der Waals surface area contributed by atoms with Crippen LogP contribution in [0.15, 0.2) is 54.7 Å². The first-order valence-electron chi connectivity index (χ1n) is 11.2. The molecule has 2 aromatic carbocycles. The number of carbonyl (C=O) groups is 2. The van der Waals surface area contributed by atoms with Crippen molar-refractivity contribution in [3.05, 3.63) is 88.2 Å². The number of nitrogens with zero attached hydrogens (tertiary/aromatic N) is 4. The predicted molar refractivity (Wildman–Crippen MR) is 133 cm³/mol. The molecule has 0 atom stereocenters. The van der Waals surface area contributed by atoms with Crippen molar-refractivity contribution in [2.24, 2.45) is 0 Å². The normalized spacial score (nSPS) is 10.6. The third-order valence-electron chi connectivity index (χ3n) is 5.22. The molecule has 0 bridgehead atoms. The number of aldehydes is 1. The SMILES string of the molecule is Cc1c(CN(C(=O)OC(C)(C)C)c2ccc(C#N)cc2)cnc(C=O)c1OCc1cccc(C#N)c1. The first-order chi connectivity index (χ1) is 17.1. The molecule has 0 radical (unpaired) electrons. The quantitative estimate of drug-likeness (QED) is 0.410. The fourth-order valence-electron chi connectivity index (χ4n) is 3.42. The van der Waals surface area contributed by atoms with E-state index in [-0.39, 0.29) is 18.8 Å². The number of pyridine rings is 1. The van der Waals surface area contributed by atoms with Crippen LogP contribution in [0.4, 0.5) is 10.5 Å². The van der Waals surface area contributed by atoms with E-state index in [2.05, 4.69) is 17.1 Å². The summed E-state index contributed by atoms with van der Waals surface area (Å²) in [5, 5.41) is 18.2. The van der Waals surface area contributed by atoms with Gasteiger partial charge in [0.25, 0.3) is 0 Å². The number of hydrogen-bond donors (Lipinski definition) is 0. The van der Waals surface area contributed by atoms with Gasteiger partial charge in [-0.15, -0.1) is 0 Å². The van der Waals surface area contributed by atoms with Crippen LogP contribution in [0.2, 0.25) is 0 Å². The average molecular weight is 483 g/mol. The van der Waals surface area contributed by atoms with E-state index in [0.717, 1.165) is 5.56 Å². The molecule has 3 rings (SSSR count). The predicted octanol–water partition coefficient (Wildman–Crippen LogP) is 5.47. The average Bonchev–Trinajstić information content (AvgIpc) is 2.86. The third-order valence-corrected chi connectivity index (χ3v) is 5.22. The van der Waals surface area contributed by atoms with Crippen LogP contribution >= 0.6 is 0 Å². The van der Waals surface area contributed by atoms with Crippen molar-refractivity contribution >= 4 is 18.1 Å². The highest BCUT2D eigenvalue weighted by molar-refractivity contribution is 5.88. The molecule has 0 spiro atoms. The van der Waals surface area contributed by atoms with Crippen LogP contribution in [0.1, 0.15) is 59.1 Å². The monoisotopic (exact) mass is 482 g/mol. The molecule has 36 heavy (non-hydrogen) atoms. The Bertz CT molecular complexity index is 1350. The first-order valence-corrected chi connectivity index (χ1v) is 11.2. The molecule has 8 heteroatoms. The maximum absolute atomic E-state index is 13.1. The lowest BCUT2D eigenvalue weighted by Crippen LogP contribution is -2.36. The van der Waals surface area contributed by atoms with Gasteiger partial charge >= 0.3 is 6.09 Å². The Hall–Kier alpha value is -4.69. The van der Waals surface area contributed by atoms with E-state index in [9.17, 15) is 9.59 Å². The maximum atomic E-state index is 13.1. The lowest BCUT2D eigenvalue weighted by Gasteiger charge is -2.28. The van der Waals surface area contributed by atoms with Gasteiger partial charge in [0, 0.05) is 11.9 Å². The van der Waals surface area contributed by atoms with Crippen LogP contribution in [0.3, 0.4) is 0 Å². The highest BCUT2D eigenvalue weighted by atomic mass is 16.6. The highest BCUT2D eigenvalue weighted by Gasteiger charge is 2.25. The summed E-state index contributed by atoms with van der Waals surface area (Å²) >= 11 is 0. The number of anilines is 1. The van der Waals surface area contributed by atoms with E-state index in [4.69, 9.17) is 20.0 Å². The topological polar surface area (TPSA) is 116 Å². The Morgan fingerprint density at radius 1 is 1.08 bits per heavy atom. The van der Waals surface area contributed by atoms with Crippen LogP contribution in [0, 0.1) is 29.6 Å². The van der Waals surface area contributed by atoms with Gasteiger partial charge in [-0.3, -0.25) is 9.69 Å². The largest absolute Gasteiger partial charge is 0.486 e. The van der Waals surface area contributed by atoms with E-state index in [1.165, 1.54) is 11.1 Å². The van der Waals surface area contributed by atoms with E-state index >= 15 is 0 Å². The summed E-state index contributed by atoms with van der Waals surface area (Å²) < 4.78 is 11.6. The molecule has 0 saturated heterocycles. The van der Waals surface area contributed by atoms with Gasteiger partial charge in [0.1, 0.15) is 17.9 Å². The Labute approximate surface area is 210 Å². The molecule has 0 N–H and O–H groups in total. The Morgan fingerprint density at radius 2 is 1.78 bits per heavy atom. The third kappa shape index (κ3) is 6.46. The number of aromatic nitrogens is 1. The zero-order chi connectivity index (χ0) is 26.3. The molecular weight excluding hydrogens is 456 g/mol. The maximum Gasteiger partial charge on any atom is 0.415 e. The zero-order valence-corrected chi connectivity index (χ0v) is 20.6. The summed E-state index contributed by atoms with van der Waals surface area (Å²) in [6.07, 6.45) is 1.58. The van der Waals surface area contributed by atoms with Crippen LogP contribution in [0.25, 0.3) is 0 Å². The fourth-order valence-corrected chi connectivity index (χ4v) is 3.42. The van der Waals surface area contributed by atoms with Gasteiger partial charge in [-0.2, -0.15) is 10.5 Å². The van der Waals surface area contributed by atoms with E-state index in [0.29, 0.717) is 40.0 Å². The van der Waals surface area contributed by atoms with Gasteiger partial charge in [-0.1, -0.05) is 12.1 Å².